The van der Waals surface area contributed by atoms with Crippen LogP contribution in [0.25, 0.3) is 0 Å². The van der Waals surface area contributed by atoms with Crippen molar-refractivity contribution in [2.24, 2.45) is 5.73 Å². The summed E-state index contributed by atoms with van der Waals surface area (Å²) in [5, 5.41) is 19.8. The number of nitro groups is 1. The molecular formula is C14H19N3O3. The second kappa shape index (κ2) is 6.87. The Bertz CT molecular complexity index is 525. The van der Waals surface area contributed by atoms with Gasteiger partial charge in [-0.15, -0.1) is 0 Å². The van der Waals surface area contributed by atoms with Crippen LogP contribution < -0.4 is 10.5 Å². The van der Waals surface area contributed by atoms with Crippen LogP contribution in [0, 0.1) is 28.4 Å². The molecule has 0 aromatic heterocycles. The Morgan fingerprint density at radius 3 is 2.80 bits per heavy atom. The number of rotatable bonds is 7. The van der Waals surface area contributed by atoms with Gasteiger partial charge in [0.25, 0.3) is 5.69 Å². The number of hydrogen-bond acceptors (Lipinski definition) is 5. The zero-order valence-corrected chi connectivity index (χ0v) is 11.8. The molecule has 1 atom stereocenters. The monoisotopic (exact) mass is 277 g/mol. The maximum absolute atomic E-state index is 10.8. The lowest BCUT2D eigenvalue weighted by Crippen LogP contribution is -2.37. The van der Waals surface area contributed by atoms with Gasteiger partial charge in [0.15, 0.2) is 0 Å². The average Bonchev–Trinajstić information content (AvgIpc) is 2.44. The van der Waals surface area contributed by atoms with Crippen molar-refractivity contribution in [1.82, 2.24) is 0 Å². The van der Waals surface area contributed by atoms with Crippen molar-refractivity contribution in [3.63, 3.8) is 0 Å². The normalized spacial score (nSPS) is 13.3. The molecule has 0 saturated heterocycles. The fourth-order valence-electron chi connectivity index (χ4n) is 1.84. The highest BCUT2D eigenvalue weighted by Crippen LogP contribution is 2.27. The average molecular weight is 277 g/mol. The van der Waals surface area contributed by atoms with Crippen molar-refractivity contribution in [1.29, 1.82) is 5.26 Å². The summed E-state index contributed by atoms with van der Waals surface area (Å²) in [5.41, 5.74) is 5.60. The van der Waals surface area contributed by atoms with Crippen LogP contribution in [0.5, 0.6) is 5.75 Å². The number of benzene rings is 1. The number of ether oxygens (including phenoxy) is 1. The van der Waals surface area contributed by atoms with Gasteiger partial charge in [0.05, 0.1) is 23.2 Å². The molecule has 0 saturated carbocycles. The summed E-state index contributed by atoms with van der Waals surface area (Å²) >= 11 is 0. The summed E-state index contributed by atoms with van der Waals surface area (Å²) in [6.45, 7) is 3.90. The van der Waals surface area contributed by atoms with Crippen LogP contribution in [0.2, 0.25) is 0 Å². The first-order chi connectivity index (χ1) is 9.43. The molecule has 0 heterocycles. The predicted octanol–water partition coefficient (Wildman–Crippen LogP) is 2.69. The maximum atomic E-state index is 10.8. The third-order valence-electron chi connectivity index (χ3n) is 3.33. The Morgan fingerprint density at radius 2 is 2.25 bits per heavy atom. The van der Waals surface area contributed by atoms with E-state index in [0.29, 0.717) is 37.2 Å². The van der Waals surface area contributed by atoms with Gasteiger partial charge in [-0.25, -0.2) is 0 Å². The van der Waals surface area contributed by atoms with Gasteiger partial charge in [-0.2, -0.15) is 5.26 Å². The first-order valence-electron chi connectivity index (χ1n) is 6.50. The molecule has 0 bridgehead atoms. The lowest BCUT2D eigenvalue weighted by molar-refractivity contribution is -0.385. The highest BCUT2D eigenvalue weighted by atomic mass is 16.6. The fourth-order valence-corrected chi connectivity index (χ4v) is 1.84. The molecule has 0 spiro atoms. The van der Waals surface area contributed by atoms with Crippen LogP contribution in [0.15, 0.2) is 18.2 Å². The van der Waals surface area contributed by atoms with Gasteiger partial charge >= 0.3 is 0 Å². The van der Waals surface area contributed by atoms with Crippen LogP contribution in [0.1, 0.15) is 31.7 Å². The number of nitro benzene ring substituents is 1. The van der Waals surface area contributed by atoms with E-state index >= 15 is 0 Å². The van der Waals surface area contributed by atoms with Crippen molar-refractivity contribution < 1.29 is 9.66 Å². The largest absolute Gasteiger partial charge is 0.493 e. The van der Waals surface area contributed by atoms with Gasteiger partial charge < -0.3 is 10.5 Å². The molecular weight excluding hydrogens is 258 g/mol. The quantitative estimate of drug-likeness (QED) is 0.469. The molecule has 0 amide bonds. The van der Waals surface area contributed by atoms with E-state index in [2.05, 4.69) is 6.07 Å². The maximum Gasteiger partial charge on any atom is 0.276 e. The van der Waals surface area contributed by atoms with Gasteiger partial charge in [-0.3, -0.25) is 10.1 Å². The highest BCUT2D eigenvalue weighted by Gasteiger charge is 2.21. The third-order valence-corrected chi connectivity index (χ3v) is 3.33. The molecule has 0 aliphatic heterocycles. The summed E-state index contributed by atoms with van der Waals surface area (Å²) in [6.07, 6.45) is 1.74. The summed E-state index contributed by atoms with van der Waals surface area (Å²) in [7, 11) is 0. The SMILES string of the molecule is CCC(N)(C#N)CCCOc1cccc([N+](=O)[O-])c1C. The minimum absolute atomic E-state index is 0.0428. The minimum Gasteiger partial charge on any atom is -0.493 e. The zero-order valence-electron chi connectivity index (χ0n) is 11.8. The summed E-state index contributed by atoms with van der Waals surface area (Å²) in [6, 6.07) is 6.83. The molecule has 20 heavy (non-hydrogen) atoms. The first-order valence-corrected chi connectivity index (χ1v) is 6.50. The lowest BCUT2D eigenvalue weighted by atomic mass is 9.94. The Balaban J connectivity index is 2.58. The van der Waals surface area contributed by atoms with Crippen molar-refractivity contribution in [2.45, 2.75) is 38.6 Å². The molecule has 108 valence electrons. The van der Waals surface area contributed by atoms with E-state index in [9.17, 15) is 10.1 Å². The van der Waals surface area contributed by atoms with E-state index in [-0.39, 0.29) is 5.69 Å². The Kier molecular flexibility index (Phi) is 5.47. The first kappa shape index (κ1) is 15.9. The molecule has 1 aromatic rings. The van der Waals surface area contributed by atoms with E-state index in [1.54, 1.807) is 19.1 Å². The van der Waals surface area contributed by atoms with E-state index in [1.807, 2.05) is 6.92 Å². The second-order valence-corrected chi connectivity index (χ2v) is 4.73. The number of hydrogen-bond donors (Lipinski definition) is 1. The molecule has 2 N–H and O–H groups in total. The number of nitrogens with zero attached hydrogens (tertiary/aromatic N) is 2. The summed E-state index contributed by atoms with van der Waals surface area (Å²) < 4.78 is 5.54. The van der Waals surface area contributed by atoms with Crippen LogP contribution in [-0.4, -0.2) is 17.1 Å². The van der Waals surface area contributed by atoms with Gasteiger partial charge in [-0.05, 0) is 32.3 Å². The predicted molar refractivity (Wildman–Crippen MR) is 75.4 cm³/mol. The topological polar surface area (TPSA) is 102 Å². The zero-order chi connectivity index (χ0) is 15.2. The van der Waals surface area contributed by atoms with E-state index in [0.717, 1.165) is 0 Å². The molecule has 0 aliphatic rings. The molecule has 0 fully saturated rings. The smallest absolute Gasteiger partial charge is 0.276 e. The lowest BCUT2D eigenvalue weighted by Gasteiger charge is -2.19. The number of nitriles is 1. The van der Waals surface area contributed by atoms with Crippen LogP contribution in [0.4, 0.5) is 5.69 Å². The Labute approximate surface area is 118 Å². The Hall–Kier alpha value is -2.13. The molecule has 0 radical (unpaired) electrons. The van der Waals surface area contributed by atoms with Gasteiger partial charge in [0.2, 0.25) is 0 Å². The van der Waals surface area contributed by atoms with Crippen LogP contribution >= 0.6 is 0 Å². The van der Waals surface area contributed by atoms with Crippen molar-refractivity contribution in [2.75, 3.05) is 6.61 Å². The van der Waals surface area contributed by atoms with Crippen LogP contribution in [0.3, 0.4) is 0 Å². The second-order valence-electron chi connectivity index (χ2n) is 4.73. The summed E-state index contributed by atoms with van der Waals surface area (Å²) in [5.74, 6) is 0.496. The minimum atomic E-state index is -0.818. The fraction of sp³-hybridized carbons (Fsp3) is 0.500. The van der Waals surface area contributed by atoms with E-state index in [1.165, 1.54) is 6.07 Å². The van der Waals surface area contributed by atoms with E-state index < -0.39 is 10.5 Å². The molecule has 1 rings (SSSR count). The molecule has 1 unspecified atom stereocenters. The van der Waals surface area contributed by atoms with Gasteiger partial charge in [0, 0.05) is 6.07 Å². The molecule has 0 aliphatic carbocycles. The van der Waals surface area contributed by atoms with Crippen molar-refractivity contribution in [3.8, 4) is 11.8 Å². The van der Waals surface area contributed by atoms with Crippen molar-refractivity contribution >= 4 is 5.69 Å². The van der Waals surface area contributed by atoms with Crippen molar-refractivity contribution in [3.05, 3.63) is 33.9 Å². The molecule has 6 nitrogen and oxygen atoms in total. The van der Waals surface area contributed by atoms with Crippen LogP contribution in [-0.2, 0) is 0 Å². The van der Waals surface area contributed by atoms with Gasteiger partial charge in [-0.1, -0.05) is 13.0 Å². The third kappa shape index (κ3) is 3.93. The standard InChI is InChI=1S/C14H19N3O3/c1-3-14(16,10-15)8-5-9-20-13-7-4-6-12(11(13)2)17(18)19/h4,6-7H,3,5,8-9,16H2,1-2H3. The summed E-state index contributed by atoms with van der Waals surface area (Å²) in [4.78, 5) is 10.4. The number of nitrogens with two attached hydrogens (primary N) is 1. The molecule has 1 aromatic carbocycles. The van der Waals surface area contributed by atoms with Gasteiger partial charge in [0.1, 0.15) is 11.3 Å². The Morgan fingerprint density at radius 1 is 1.55 bits per heavy atom. The van der Waals surface area contributed by atoms with E-state index in [4.69, 9.17) is 15.7 Å². The highest BCUT2D eigenvalue weighted by molar-refractivity contribution is 5.48. The molecule has 6 heteroatoms.